The highest BCUT2D eigenvalue weighted by Crippen LogP contribution is 2.45. The van der Waals surface area contributed by atoms with Crippen molar-refractivity contribution in [2.24, 2.45) is 4.99 Å². The summed E-state index contributed by atoms with van der Waals surface area (Å²) >= 11 is 0. The van der Waals surface area contributed by atoms with Crippen molar-refractivity contribution in [3.8, 4) is 5.75 Å². The van der Waals surface area contributed by atoms with Gasteiger partial charge in [-0.15, -0.1) is 13.2 Å². The molecule has 0 spiro atoms. The van der Waals surface area contributed by atoms with Gasteiger partial charge in [-0.25, -0.2) is 0 Å². The molecule has 11 heteroatoms. The topological polar surface area (TPSA) is 48.9 Å². The molecule has 0 amide bonds. The Morgan fingerprint density at radius 2 is 1.90 bits per heavy atom. The zero-order chi connectivity index (χ0) is 21.2. The van der Waals surface area contributed by atoms with E-state index in [2.05, 4.69) is 20.4 Å². The molecule has 1 heterocycles. The Hall–Kier alpha value is -2.17. The lowest BCUT2D eigenvalue weighted by Gasteiger charge is -2.20. The highest BCUT2D eigenvalue weighted by Gasteiger charge is 2.43. The fraction of sp³-hybridized carbons (Fsp3) is 0.611. The van der Waals surface area contributed by atoms with Gasteiger partial charge in [0, 0.05) is 38.1 Å². The molecule has 3 atom stereocenters. The van der Waals surface area contributed by atoms with E-state index < -0.39 is 19.1 Å². The van der Waals surface area contributed by atoms with Crippen molar-refractivity contribution in [3.05, 3.63) is 29.8 Å². The Labute approximate surface area is 164 Å². The van der Waals surface area contributed by atoms with Gasteiger partial charge in [-0.1, -0.05) is 18.2 Å². The van der Waals surface area contributed by atoms with E-state index in [9.17, 15) is 26.3 Å². The molecule has 162 valence electrons. The molecule has 0 bridgehead atoms. The Balaban J connectivity index is 1.53. The lowest BCUT2D eigenvalue weighted by Crippen LogP contribution is -2.46. The van der Waals surface area contributed by atoms with Crippen LogP contribution in [0.2, 0.25) is 0 Å². The van der Waals surface area contributed by atoms with E-state index in [1.807, 2.05) is 0 Å². The largest absolute Gasteiger partial charge is 0.573 e. The predicted molar refractivity (Wildman–Crippen MR) is 94.8 cm³/mol. The first-order valence-electron chi connectivity index (χ1n) is 9.17. The number of benzene rings is 1. The van der Waals surface area contributed by atoms with Crippen LogP contribution in [0.15, 0.2) is 29.3 Å². The molecular weight excluding hydrogens is 402 g/mol. The third kappa shape index (κ3) is 6.41. The number of ether oxygens (including phenoxy) is 1. The third-order valence-electron chi connectivity index (χ3n) is 4.90. The summed E-state index contributed by atoms with van der Waals surface area (Å²) in [6.07, 6.45) is -7.85. The molecule has 2 aliphatic rings. The van der Waals surface area contributed by atoms with Gasteiger partial charge in [-0.2, -0.15) is 13.2 Å². The lowest BCUT2D eigenvalue weighted by molar-refractivity contribution is -0.274. The van der Waals surface area contributed by atoms with Crippen molar-refractivity contribution in [1.29, 1.82) is 0 Å². The Kier molecular flexibility index (Phi) is 6.16. The first kappa shape index (κ1) is 21.5. The number of guanidine groups is 1. The number of nitrogens with zero attached hydrogens (tertiary/aromatic N) is 2. The van der Waals surface area contributed by atoms with Crippen LogP contribution >= 0.6 is 0 Å². The predicted octanol–water partition coefficient (Wildman–Crippen LogP) is 3.24. The molecule has 0 aromatic heterocycles. The Morgan fingerprint density at radius 1 is 1.17 bits per heavy atom. The average Bonchev–Trinajstić information content (AvgIpc) is 3.22. The zero-order valence-electron chi connectivity index (χ0n) is 15.6. The highest BCUT2D eigenvalue weighted by molar-refractivity contribution is 5.81. The van der Waals surface area contributed by atoms with Crippen molar-refractivity contribution in [2.45, 2.75) is 43.4 Å². The number of hydrogen-bond acceptors (Lipinski definition) is 3. The molecule has 1 aliphatic carbocycles. The normalized spacial score (nSPS) is 25.8. The molecule has 1 saturated heterocycles. The van der Waals surface area contributed by atoms with Gasteiger partial charge < -0.3 is 15.4 Å². The second-order valence-electron chi connectivity index (χ2n) is 7.23. The van der Waals surface area contributed by atoms with Crippen molar-refractivity contribution in [2.75, 3.05) is 26.7 Å². The molecule has 1 aromatic carbocycles. The first-order valence-corrected chi connectivity index (χ1v) is 9.17. The van der Waals surface area contributed by atoms with Crippen LogP contribution in [0.5, 0.6) is 5.75 Å². The minimum absolute atomic E-state index is 0.133. The second kappa shape index (κ2) is 8.29. The van der Waals surface area contributed by atoms with E-state index in [4.69, 9.17) is 0 Å². The molecule has 29 heavy (non-hydrogen) atoms. The summed E-state index contributed by atoms with van der Waals surface area (Å²) in [6.45, 7) is -0.364. The monoisotopic (exact) mass is 424 g/mol. The minimum atomic E-state index is -4.77. The van der Waals surface area contributed by atoms with Crippen LogP contribution in [0.4, 0.5) is 26.3 Å². The van der Waals surface area contributed by atoms with Gasteiger partial charge in [-0.3, -0.25) is 9.89 Å². The standard InChI is InChI=1S/C18H22F6N4O/c1-25-16(26-11-6-7-28(9-11)10-17(19,20)21)27-14-8-13(14)12-4-2-3-5-15(12)29-18(22,23)24/h2-5,11,13-14H,6-10H2,1H3,(H2,25,26,27). The van der Waals surface area contributed by atoms with Gasteiger partial charge >= 0.3 is 12.5 Å². The number of hydrogen-bond donors (Lipinski definition) is 2. The van der Waals surface area contributed by atoms with Gasteiger partial charge in [0.1, 0.15) is 5.75 Å². The van der Waals surface area contributed by atoms with Gasteiger partial charge in [0.05, 0.1) is 6.54 Å². The van der Waals surface area contributed by atoms with Crippen molar-refractivity contribution in [3.63, 3.8) is 0 Å². The number of para-hydroxylation sites is 1. The minimum Gasteiger partial charge on any atom is -0.405 e. The number of halogens is 6. The fourth-order valence-electron chi connectivity index (χ4n) is 3.59. The van der Waals surface area contributed by atoms with Crippen molar-refractivity contribution >= 4 is 5.96 Å². The van der Waals surface area contributed by atoms with Gasteiger partial charge in [-0.05, 0) is 24.5 Å². The van der Waals surface area contributed by atoms with Crippen LogP contribution in [0, 0.1) is 0 Å². The van der Waals surface area contributed by atoms with E-state index in [-0.39, 0.29) is 30.3 Å². The second-order valence-corrected chi connectivity index (χ2v) is 7.23. The zero-order valence-corrected chi connectivity index (χ0v) is 15.6. The first-order chi connectivity index (χ1) is 13.5. The lowest BCUT2D eigenvalue weighted by atomic mass is 10.1. The van der Waals surface area contributed by atoms with Gasteiger partial charge in [0.2, 0.25) is 0 Å². The molecule has 5 nitrogen and oxygen atoms in total. The maximum Gasteiger partial charge on any atom is 0.573 e. The molecule has 1 aliphatic heterocycles. The SMILES string of the molecule is CN=C(NC1CCN(CC(F)(F)F)C1)NC1CC1c1ccccc1OC(F)(F)F. The highest BCUT2D eigenvalue weighted by atomic mass is 19.4. The number of rotatable bonds is 5. The van der Waals surface area contributed by atoms with E-state index in [0.29, 0.717) is 30.9 Å². The average molecular weight is 424 g/mol. The number of aliphatic imine (C=N–C) groups is 1. The van der Waals surface area contributed by atoms with E-state index in [1.54, 1.807) is 12.1 Å². The molecule has 1 aromatic rings. The maximum absolute atomic E-state index is 12.6. The summed E-state index contributed by atoms with van der Waals surface area (Å²) in [4.78, 5) is 5.41. The number of alkyl halides is 6. The summed E-state index contributed by atoms with van der Waals surface area (Å²) in [5, 5.41) is 6.23. The molecule has 3 unspecified atom stereocenters. The summed E-state index contributed by atoms with van der Waals surface area (Å²) < 4.78 is 79.4. The van der Waals surface area contributed by atoms with Crippen LogP contribution in [0.3, 0.4) is 0 Å². The smallest absolute Gasteiger partial charge is 0.405 e. The van der Waals surface area contributed by atoms with E-state index >= 15 is 0 Å². The van der Waals surface area contributed by atoms with Gasteiger partial charge in [0.25, 0.3) is 0 Å². The van der Waals surface area contributed by atoms with Gasteiger partial charge in [0.15, 0.2) is 5.96 Å². The molecule has 0 radical (unpaired) electrons. The van der Waals surface area contributed by atoms with E-state index in [1.165, 1.54) is 24.1 Å². The third-order valence-corrected chi connectivity index (χ3v) is 4.90. The summed E-state index contributed by atoms with van der Waals surface area (Å²) in [5.41, 5.74) is 0.454. The summed E-state index contributed by atoms with van der Waals surface area (Å²) in [5.74, 6) is 0.0267. The molecule has 3 rings (SSSR count). The van der Waals surface area contributed by atoms with E-state index in [0.717, 1.165) is 0 Å². The molecule has 2 fully saturated rings. The molecular formula is C18H22F6N4O. The summed E-state index contributed by atoms with van der Waals surface area (Å²) in [7, 11) is 1.54. The van der Waals surface area contributed by atoms with Crippen LogP contribution in [-0.2, 0) is 0 Å². The Bertz CT molecular complexity index is 736. The van der Waals surface area contributed by atoms with Crippen LogP contribution in [0.1, 0.15) is 24.3 Å². The Morgan fingerprint density at radius 3 is 2.55 bits per heavy atom. The maximum atomic E-state index is 12.6. The van der Waals surface area contributed by atoms with Crippen LogP contribution < -0.4 is 15.4 Å². The quantitative estimate of drug-likeness (QED) is 0.433. The number of nitrogens with one attached hydrogen (secondary N) is 2. The summed E-state index contributed by atoms with van der Waals surface area (Å²) in [6, 6.07) is 5.68. The van der Waals surface area contributed by atoms with Crippen LogP contribution in [0.25, 0.3) is 0 Å². The van der Waals surface area contributed by atoms with Crippen molar-refractivity contribution in [1.82, 2.24) is 15.5 Å². The number of likely N-dealkylation sites (tertiary alicyclic amines) is 1. The van der Waals surface area contributed by atoms with Crippen LogP contribution in [-0.4, -0.2) is 62.2 Å². The molecule has 1 saturated carbocycles. The molecule has 2 N–H and O–H groups in total. The van der Waals surface area contributed by atoms with Crippen molar-refractivity contribution < 1.29 is 31.1 Å². The fourth-order valence-corrected chi connectivity index (χ4v) is 3.59.